The van der Waals surface area contributed by atoms with Crippen LogP contribution in [0.25, 0.3) is 11.1 Å². The molecule has 0 saturated heterocycles. The van der Waals surface area contributed by atoms with Gasteiger partial charge in [0, 0.05) is 24.5 Å². The summed E-state index contributed by atoms with van der Waals surface area (Å²) in [4.78, 5) is 16.5. The van der Waals surface area contributed by atoms with Crippen LogP contribution in [0.5, 0.6) is 5.75 Å². The van der Waals surface area contributed by atoms with Gasteiger partial charge < -0.3 is 10.1 Å². The minimum absolute atomic E-state index is 0.229. The van der Waals surface area contributed by atoms with Crippen molar-refractivity contribution in [1.29, 1.82) is 0 Å². The van der Waals surface area contributed by atoms with Gasteiger partial charge in [-0.25, -0.2) is 4.39 Å². The van der Waals surface area contributed by atoms with Crippen LogP contribution in [0, 0.1) is 5.82 Å². The fourth-order valence-corrected chi connectivity index (χ4v) is 2.39. The number of halogens is 1. The number of carbonyl (C=O) groups is 1. The van der Waals surface area contributed by atoms with Crippen LogP contribution in [0.15, 0.2) is 67.0 Å². The molecule has 0 unspecified atom stereocenters. The number of carbonyl (C=O) groups excluding carboxylic acids is 1. The highest BCUT2D eigenvalue weighted by Gasteiger charge is 2.08. The molecule has 25 heavy (non-hydrogen) atoms. The number of amides is 1. The molecule has 1 aromatic heterocycles. The lowest BCUT2D eigenvalue weighted by Gasteiger charge is -2.08. The largest absolute Gasteiger partial charge is 0.497 e. The molecule has 2 aromatic carbocycles. The van der Waals surface area contributed by atoms with Crippen LogP contribution in [-0.2, 0) is 6.54 Å². The van der Waals surface area contributed by atoms with Crippen molar-refractivity contribution < 1.29 is 13.9 Å². The summed E-state index contributed by atoms with van der Waals surface area (Å²) in [6, 6.07) is 15.3. The Balaban J connectivity index is 1.71. The van der Waals surface area contributed by atoms with E-state index < -0.39 is 0 Å². The van der Waals surface area contributed by atoms with E-state index in [-0.39, 0.29) is 11.7 Å². The number of pyridine rings is 1. The standard InChI is InChI=1S/C20H17FN2O2/c1-25-19-8-4-15(5-9-19)16-10-17(13-22-12-16)20(24)23-11-14-2-6-18(21)7-3-14/h2-10,12-13H,11H2,1H3,(H,23,24). The minimum atomic E-state index is -0.300. The molecule has 0 aliphatic carbocycles. The summed E-state index contributed by atoms with van der Waals surface area (Å²) >= 11 is 0. The van der Waals surface area contributed by atoms with Crippen LogP contribution < -0.4 is 10.1 Å². The molecule has 0 aliphatic rings. The molecule has 4 nitrogen and oxygen atoms in total. The van der Waals surface area contributed by atoms with Gasteiger partial charge in [0.25, 0.3) is 5.91 Å². The molecule has 0 fully saturated rings. The molecular formula is C20H17FN2O2. The van der Waals surface area contributed by atoms with Crippen molar-refractivity contribution in [2.24, 2.45) is 0 Å². The molecule has 0 bridgehead atoms. The number of hydrogen-bond acceptors (Lipinski definition) is 3. The Kier molecular flexibility index (Phi) is 5.04. The first-order chi connectivity index (χ1) is 12.2. The summed E-state index contributed by atoms with van der Waals surface area (Å²) in [7, 11) is 1.61. The maximum absolute atomic E-state index is 12.9. The third-order valence-electron chi connectivity index (χ3n) is 3.79. The number of hydrogen-bond donors (Lipinski definition) is 1. The highest BCUT2D eigenvalue weighted by atomic mass is 19.1. The second kappa shape index (κ2) is 7.57. The van der Waals surface area contributed by atoms with Crippen LogP contribution in [-0.4, -0.2) is 18.0 Å². The predicted octanol–water partition coefficient (Wildman–Crippen LogP) is 3.83. The summed E-state index contributed by atoms with van der Waals surface area (Å²) in [5.74, 6) is 0.239. The Morgan fingerprint density at radius 1 is 1.04 bits per heavy atom. The quantitative estimate of drug-likeness (QED) is 0.770. The number of methoxy groups -OCH3 is 1. The topological polar surface area (TPSA) is 51.2 Å². The molecular weight excluding hydrogens is 319 g/mol. The van der Waals surface area contributed by atoms with E-state index >= 15 is 0 Å². The molecule has 3 rings (SSSR count). The van der Waals surface area contributed by atoms with Gasteiger partial charge in [-0.2, -0.15) is 0 Å². The SMILES string of the molecule is COc1ccc(-c2cncc(C(=O)NCc3ccc(F)cc3)c2)cc1. The van der Waals surface area contributed by atoms with Gasteiger partial charge in [-0.1, -0.05) is 24.3 Å². The van der Waals surface area contributed by atoms with Crippen molar-refractivity contribution in [2.45, 2.75) is 6.54 Å². The summed E-state index contributed by atoms with van der Waals surface area (Å²) in [5, 5.41) is 2.81. The number of nitrogens with one attached hydrogen (secondary N) is 1. The number of aromatic nitrogens is 1. The predicted molar refractivity (Wildman–Crippen MR) is 93.8 cm³/mol. The lowest BCUT2D eigenvalue weighted by atomic mass is 10.1. The Hall–Kier alpha value is -3.21. The third kappa shape index (κ3) is 4.20. The zero-order valence-corrected chi connectivity index (χ0v) is 13.7. The smallest absolute Gasteiger partial charge is 0.253 e. The molecule has 5 heteroatoms. The summed E-state index contributed by atoms with van der Waals surface area (Å²) in [6.45, 7) is 0.325. The molecule has 0 atom stereocenters. The lowest BCUT2D eigenvalue weighted by molar-refractivity contribution is 0.0950. The van der Waals surface area contributed by atoms with Crippen LogP contribution >= 0.6 is 0 Å². The van der Waals surface area contributed by atoms with E-state index in [0.29, 0.717) is 12.1 Å². The van der Waals surface area contributed by atoms with Crippen molar-refractivity contribution in [3.63, 3.8) is 0 Å². The molecule has 1 heterocycles. The normalized spacial score (nSPS) is 10.3. The first kappa shape index (κ1) is 16.6. The highest BCUT2D eigenvalue weighted by molar-refractivity contribution is 5.95. The first-order valence-electron chi connectivity index (χ1n) is 7.78. The molecule has 1 amide bonds. The Morgan fingerprint density at radius 2 is 1.76 bits per heavy atom. The van der Waals surface area contributed by atoms with Gasteiger partial charge >= 0.3 is 0 Å². The van der Waals surface area contributed by atoms with Crippen LogP contribution in [0.1, 0.15) is 15.9 Å². The summed E-state index contributed by atoms with van der Waals surface area (Å²) in [5.41, 5.74) is 3.09. The second-order valence-electron chi connectivity index (χ2n) is 5.50. The van der Waals surface area contributed by atoms with E-state index in [4.69, 9.17) is 4.74 Å². The van der Waals surface area contributed by atoms with E-state index in [9.17, 15) is 9.18 Å². The van der Waals surface area contributed by atoms with Crippen LogP contribution in [0.4, 0.5) is 4.39 Å². The van der Waals surface area contributed by atoms with Crippen molar-refractivity contribution in [1.82, 2.24) is 10.3 Å². The van der Waals surface area contributed by atoms with Gasteiger partial charge in [-0.05, 0) is 41.5 Å². The maximum atomic E-state index is 12.9. The third-order valence-corrected chi connectivity index (χ3v) is 3.79. The van der Waals surface area contributed by atoms with E-state index in [2.05, 4.69) is 10.3 Å². The van der Waals surface area contributed by atoms with Crippen LogP contribution in [0.3, 0.4) is 0 Å². The summed E-state index contributed by atoms with van der Waals surface area (Å²) < 4.78 is 18.0. The van der Waals surface area contributed by atoms with Crippen molar-refractivity contribution in [3.8, 4) is 16.9 Å². The van der Waals surface area contributed by atoms with Gasteiger partial charge in [0.1, 0.15) is 11.6 Å². The Labute approximate surface area is 145 Å². The van der Waals surface area contributed by atoms with Crippen molar-refractivity contribution >= 4 is 5.91 Å². The molecule has 0 spiro atoms. The molecule has 3 aromatic rings. The average Bonchev–Trinajstić information content (AvgIpc) is 2.67. The number of ether oxygens (including phenoxy) is 1. The van der Waals surface area contributed by atoms with E-state index in [1.807, 2.05) is 24.3 Å². The monoisotopic (exact) mass is 336 g/mol. The minimum Gasteiger partial charge on any atom is -0.497 e. The molecule has 0 aliphatic heterocycles. The van der Waals surface area contributed by atoms with E-state index in [1.54, 1.807) is 31.5 Å². The van der Waals surface area contributed by atoms with Gasteiger partial charge in [-0.3, -0.25) is 9.78 Å². The van der Waals surface area contributed by atoms with Gasteiger partial charge in [0.2, 0.25) is 0 Å². The molecule has 1 N–H and O–H groups in total. The van der Waals surface area contributed by atoms with Gasteiger partial charge in [-0.15, -0.1) is 0 Å². The zero-order valence-electron chi connectivity index (χ0n) is 13.7. The number of nitrogens with zero attached hydrogens (tertiary/aromatic N) is 1. The summed E-state index contributed by atoms with van der Waals surface area (Å²) in [6.07, 6.45) is 3.23. The molecule has 126 valence electrons. The van der Waals surface area contributed by atoms with Gasteiger partial charge in [0.15, 0.2) is 0 Å². The Bertz CT molecular complexity index is 862. The molecule has 0 saturated carbocycles. The fraction of sp³-hybridized carbons (Fsp3) is 0.100. The van der Waals surface area contributed by atoms with Crippen LogP contribution in [0.2, 0.25) is 0 Å². The van der Waals surface area contributed by atoms with E-state index in [1.165, 1.54) is 18.3 Å². The maximum Gasteiger partial charge on any atom is 0.253 e. The number of benzene rings is 2. The van der Waals surface area contributed by atoms with Gasteiger partial charge in [0.05, 0.1) is 12.7 Å². The fourth-order valence-electron chi connectivity index (χ4n) is 2.39. The second-order valence-corrected chi connectivity index (χ2v) is 5.50. The zero-order chi connectivity index (χ0) is 17.6. The average molecular weight is 336 g/mol. The molecule has 0 radical (unpaired) electrons. The van der Waals surface area contributed by atoms with Crippen molar-refractivity contribution in [2.75, 3.05) is 7.11 Å². The Morgan fingerprint density at radius 3 is 2.44 bits per heavy atom. The first-order valence-corrected chi connectivity index (χ1v) is 7.78. The highest BCUT2D eigenvalue weighted by Crippen LogP contribution is 2.22. The lowest BCUT2D eigenvalue weighted by Crippen LogP contribution is -2.22. The van der Waals surface area contributed by atoms with Crippen molar-refractivity contribution in [3.05, 3.63) is 83.9 Å². The number of rotatable bonds is 5. The van der Waals surface area contributed by atoms with E-state index in [0.717, 1.165) is 22.4 Å².